The Morgan fingerprint density at radius 2 is 1.88 bits per heavy atom. The molecule has 4 aromatic rings. The predicted molar refractivity (Wildman–Crippen MR) is 123 cm³/mol. The first-order valence-electron chi connectivity index (χ1n) is 10.1. The average molecular weight is 447 g/mol. The molecule has 0 bridgehead atoms. The molecule has 8 heteroatoms. The number of ketones is 1. The Morgan fingerprint density at radius 3 is 2.62 bits per heavy atom. The predicted octanol–water partition coefficient (Wildman–Crippen LogP) is 3.99. The van der Waals surface area contributed by atoms with E-state index in [9.17, 15) is 9.59 Å². The van der Waals surface area contributed by atoms with Gasteiger partial charge >= 0.3 is 0 Å². The van der Waals surface area contributed by atoms with Crippen molar-refractivity contribution in [2.75, 3.05) is 12.3 Å². The largest absolute Gasteiger partial charge is 0.467 e. The smallest absolute Gasteiger partial charge is 0.230 e. The molecule has 0 radical (unpaired) electrons. The summed E-state index contributed by atoms with van der Waals surface area (Å²) < 4.78 is 7.44. The summed E-state index contributed by atoms with van der Waals surface area (Å²) >= 11 is 1.27. The number of thioether (sulfide) groups is 1. The normalized spacial score (nSPS) is 10.8. The number of amides is 1. The molecule has 0 fully saturated rings. The first kappa shape index (κ1) is 21.6. The van der Waals surface area contributed by atoms with E-state index in [-0.39, 0.29) is 24.0 Å². The Bertz CT molecular complexity index is 1200. The van der Waals surface area contributed by atoms with Crippen molar-refractivity contribution in [3.05, 3.63) is 89.9 Å². The third kappa shape index (κ3) is 5.33. The number of aromatic nitrogens is 3. The van der Waals surface area contributed by atoms with Gasteiger partial charge in [-0.25, -0.2) is 0 Å². The molecule has 0 atom stereocenters. The van der Waals surface area contributed by atoms with Crippen molar-refractivity contribution < 1.29 is 14.0 Å². The molecule has 2 aromatic heterocycles. The van der Waals surface area contributed by atoms with E-state index in [4.69, 9.17) is 4.42 Å². The topological polar surface area (TPSA) is 90.0 Å². The standard InChI is InChI=1S/C24H22N4O3S/c1-17-7-5-10-19(13-17)23-26-27-24(28(23)15-20-11-6-12-31-20)32-16-22(30)25-14-21(29)18-8-3-2-4-9-18/h2-13H,14-16H2,1H3,(H,25,30). The van der Waals surface area contributed by atoms with Crippen LogP contribution in [0.3, 0.4) is 0 Å². The highest BCUT2D eigenvalue weighted by molar-refractivity contribution is 7.99. The number of benzene rings is 2. The monoisotopic (exact) mass is 446 g/mol. The molecular weight excluding hydrogens is 424 g/mol. The average Bonchev–Trinajstić information content (AvgIpc) is 3.47. The SMILES string of the molecule is Cc1cccc(-c2nnc(SCC(=O)NCC(=O)c3ccccc3)n2Cc2ccco2)c1. The highest BCUT2D eigenvalue weighted by Crippen LogP contribution is 2.26. The lowest BCUT2D eigenvalue weighted by atomic mass is 10.1. The lowest BCUT2D eigenvalue weighted by molar-refractivity contribution is -0.118. The molecule has 162 valence electrons. The van der Waals surface area contributed by atoms with Crippen LogP contribution < -0.4 is 5.32 Å². The fourth-order valence-corrected chi connectivity index (χ4v) is 3.95. The molecule has 1 N–H and O–H groups in total. The minimum absolute atomic E-state index is 0.0446. The van der Waals surface area contributed by atoms with Gasteiger partial charge in [-0.3, -0.25) is 14.2 Å². The number of carbonyl (C=O) groups excluding carboxylic acids is 2. The summed E-state index contributed by atoms with van der Waals surface area (Å²) in [6.45, 7) is 2.42. The molecule has 2 aromatic carbocycles. The number of nitrogens with one attached hydrogen (secondary N) is 1. The maximum Gasteiger partial charge on any atom is 0.230 e. The highest BCUT2D eigenvalue weighted by atomic mass is 32.2. The zero-order valence-corrected chi connectivity index (χ0v) is 18.3. The van der Waals surface area contributed by atoms with Gasteiger partial charge in [0.05, 0.1) is 25.1 Å². The molecule has 0 aliphatic heterocycles. The van der Waals surface area contributed by atoms with Crippen LogP contribution in [0.15, 0.2) is 82.6 Å². The van der Waals surface area contributed by atoms with E-state index in [0.717, 1.165) is 16.9 Å². The van der Waals surface area contributed by atoms with Crippen LogP contribution in [0.2, 0.25) is 0 Å². The first-order valence-corrected chi connectivity index (χ1v) is 11.1. The van der Waals surface area contributed by atoms with E-state index in [1.165, 1.54) is 11.8 Å². The van der Waals surface area contributed by atoms with E-state index in [2.05, 4.69) is 15.5 Å². The van der Waals surface area contributed by atoms with E-state index in [1.54, 1.807) is 30.5 Å². The molecule has 0 saturated heterocycles. The summed E-state index contributed by atoms with van der Waals surface area (Å²) in [6, 6.07) is 20.6. The summed E-state index contributed by atoms with van der Waals surface area (Å²) in [5, 5.41) is 11.9. The molecular formula is C24H22N4O3S. The van der Waals surface area contributed by atoms with Crippen molar-refractivity contribution in [3.63, 3.8) is 0 Å². The minimum atomic E-state index is -0.246. The van der Waals surface area contributed by atoms with Gasteiger partial charge in [-0.15, -0.1) is 10.2 Å². The molecule has 0 aliphatic rings. The molecule has 0 aliphatic carbocycles. The van der Waals surface area contributed by atoms with E-state index < -0.39 is 0 Å². The minimum Gasteiger partial charge on any atom is -0.467 e. The second-order valence-corrected chi connectivity index (χ2v) is 8.14. The maximum absolute atomic E-state index is 12.3. The van der Waals surface area contributed by atoms with E-state index >= 15 is 0 Å². The lowest BCUT2D eigenvalue weighted by Crippen LogP contribution is -2.31. The van der Waals surface area contributed by atoms with Crippen LogP contribution >= 0.6 is 11.8 Å². The Balaban J connectivity index is 1.44. The van der Waals surface area contributed by atoms with Gasteiger partial charge in [0.15, 0.2) is 16.8 Å². The Hall–Kier alpha value is -3.65. The van der Waals surface area contributed by atoms with Crippen LogP contribution in [0, 0.1) is 6.92 Å². The van der Waals surface area contributed by atoms with Crippen LogP contribution in [-0.4, -0.2) is 38.8 Å². The van der Waals surface area contributed by atoms with E-state index in [1.807, 2.05) is 54.0 Å². The van der Waals surface area contributed by atoms with Crippen LogP contribution in [0.4, 0.5) is 0 Å². The molecule has 32 heavy (non-hydrogen) atoms. The Labute approximate surface area is 189 Å². The second-order valence-electron chi connectivity index (χ2n) is 7.20. The summed E-state index contributed by atoms with van der Waals surface area (Å²) in [5.74, 6) is 1.20. The van der Waals surface area contributed by atoms with Gasteiger partial charge in [-0.05, 0) is 25.1 Å². The van der Waals surface area contributed by atoms with Gasteiger partial charge in [0.1, 0.15) is 5.76 Å². The van der Waals surface area contributed by atoms with E-state index in [0.29, 0.717) is 23.1 Å². The quantitative estimate of drug-likeness (QED) is 0.309. The van der Waals surface area contributed by atoms with Crippen LogP contribution in [0.25, 0.3) is 11.4 Å². The van der Waals surface area contributed by atoms with Crippen LogP contribution in [0.1, 0.15) is 21.7 Å². The fraction of sp³-hybridized carbons (Fsp3) is 0.167. The number of hydrogen-bond acceptors (Lipinski definition) is 6. The molecule has 0 spiro atoms. The van der Waals surface area contributed by atoms with Crippen molar-refractivity contribution in [2.45, 2.75) is 18.6 Å². The third-order valence-corrected chi connectivity index (χ3v) is 5.73. The summed E-state index contributed by atoms with van der Waals surface area (Å²) in [4.78, 5) is 24.5. The molecule has 0 unspecified atom stereocenters. The highest BCUT2D eigenvalue weighted by Gasteiger charge is 2.17. The zero-order chi connectivity index (χ0) is 22.3. The van der Waals surface area contributed by atoms with Crippen molar-refractivity contribution in [1.29, 1.82) is 0 Å². The van der Waals surface area contributed by atoms with Crippen LogP contribution in [0.5, 0.6) is 0 Å². The van der Waals surface area contributed by atoms with Gasteiger partial charge < -0.3 is 9.73 Å². The molecule has 7 nitrogen and oxygen atoms in total. The number of Topliss-reactive ketones (excluding diaryl/α,β-unsaturated/α-hetero) is 1. The van der Waals surface area contributed by atoms with Gasteiger partial charge in [0.2, 0.25) is 5.91 Å². The summed E-state index contributed by atoms with van der Waals surface area (Å²) in [7, 11) is 0. The number of carbonyl (C=O) groups is 2. The maximum atomic E-state index is 12.3. The lowest BCUT2D eigenvalue weighted by Gasteiger charge is -2.09. The second kappa shape index (κ2) is 10.1. The van der Waals surface area contributed by atoms with Gasteiger partial charge in [-0.2, -0.15) is 0 Å². The van der Waals surface area contributed by atoms with Crippen molar-refractivity contribution in [1.82, 2.24) is 20.1 Å². The first-order chi connectivity index (χ1) is 15.6. The number of nitrogens with zero attached hydrogens (tertiary/aromatic N) is 3. The number of rotatable bonds is 9. The Morgan fingerprint density at radius 1 is 1.03 bits per heavy atom. The Kier molecular flexibility index (Phi) is 6.81. The third-order valence-electron chi connectivity index (χ3n) is 4.76. The molecule has 2 heterocycles. The van der Waals surface area contributed by atoms with Gasteiger partial charge in [0, 0.05) is 11.1 Å². The number of hydrogen-bond donors (Lipinski definition) is 1. The van der Waals surface area contributed by atoms with Crippen LogP contribution in [-0.2, 0) is 11.3 Å². The van der Waals surface area contributed by atoms with Gasteiger partial charge in [-0.1, -0.05) is 65.9 Å². The molecule has 1 amide bonds. The summed E-state index contributed by atoms with van der Waals surface area (Å²) in [6.07, 6.45) is 1.62. The van der Waals surface area contributed by atoms with Crippen molar-refractivity contribution >= 4 is 23.5 Å². The molecule has 0 saturated carbocycles. The van der Waals surface area contributed by atoms with Crippen molar-refractivity contribution in [2.24, 2.45) is 0 Å². The fourth-order valence-electron chi connectivity index (χ4n) is 3.18. The number of aryl methyl sites for hydroxylation is 1. The number of furan rings is 1. The van der Waals surface area contributed by atoms with Crippen molar-refractivity contribution in [3.8, 4) is 11.4 Å². The zero-order valence-electron chi connectivity index (χ0n) is 17.5. The summed E-state index contributed by atoms with van der Waals surface area (Å²) in [5.41, 5.74) is 2.63. The molecule has 4 rings (SSSR count). The van der Waals surface area contributed by atoms with Gasteiger partial charge in [0.25, 0.3) is 0 Å².